The van der Waals surface area contributed by atoms with Gasteiger partial charge in [-0.3, -0.25) is 0 Å². The first-order valence-electron chi connectivity index (χ1n) is 12.1. The third kappa shape index (κ3) is 4.67. The molecular formula is C25H28N6O3S. The highest BCUT2D eigenvalue weighted by Crippen LogP contribution is 2.39. The fourth-order valence-corrected chi connectivity index (χ4v) is 5.53. The lowest BCUT2D eigenvalue weighted by Crippen LogP contribution is -2.39. The maximum Gasteiger partial charge on any atom is 0.225 e. The largest absolute Gasteiger partial charge is 0.474 e. The lowest BCUT2D eigenvalue weighted by Gasteiger charge is -2.32. The Kier molecular flexibility index (Phi) is 5.55. The summed E-state index contributed by atoms with van der Waals surface area (Å²) < 4.78 is 30.0. The SMILES string of the molecule is CS(=O)(=O)c1ccc2c(c1)CCN2c1cc(OC2CCN(c3ncc(C4CC4)cn3)CC2)ncn1. The zero-order valence-corrected chi connectivity index (χ0v) is 20.5. The van der Waals surface area contributed by atoms with Crippen LogP contribution < -0.4 is 14.5 Å². The number of hydrogen-bond acceptors (Lipinski definition) is 9. The lowest BCUT2D eigenvalue weighted by molar-refractivity contribution is 0.163. The van der Waals surface area contributed by atoms with Crippen molar-refractivity contribution in [1.29, 1.82) is 0 Å². The molecule has 3 aromatic rings. The van der Waals surface area contributed by atoms with Gasteiger partial charge < -0.3 is 14.5 Å². The van der Waals surface area contributed by atoms with E-state index < -0.39 is 9.84 Å². The van der Waals surface area contributed by atoms with Crippen molar-refractivity contribution in [2.75, 3.05) is 35.7 Å². The molecule has 0 atom stereocenters. The van der Waals surface area contributed by atoms with Crippen molar-refractivity contribution in [3.05, 3.63) is 54.1 Å². The molecule has 182 valence electrons. The average molecular weight is 493 g/mol. The monoisotopic (exact) mass is 492 g/mol. The van der Waals surface area contributed by atoms with Crippen molar-refractivity contribution in [1.82, 2.24) is 19.9 Å². The van der Waals surface area contributed by atoms with E-state index in [0.717, 1.165) is 61.9 Å². The van der Waals surface area contributed by atoms with E-state index in [-0.39, 0.29) is 6.10 Å². The van der Waals surface area contributed by atoms with Crippen molar-refractivity contribution < 1.29 is 13.2 Å². The second kappa shape index (κ2) is 8.75. The van der Waals surface area contributed by atoms with E-state index >= 15 is 0 Å². The Balaban J connectivity index is 1.10. The molecule has 9 nitrogen and oxygen atoms in total. The zero-order chi connectivity index (χ0) is 24.0. The van der Waals surface area contributed by atoms with Crippen LogP contribution in [0.1, 0.15) is 42.7 Å². The van der Waals surface area contributed by atoms with Crippen LogP contribution in [0.4, 0.5) is 17.5 Å². The van der Waals surface area contributed by atoms with Crippen LogP contribution in [-0.4, -0.2) is 60.3 Å². The van der Waals surface area contributed by atoms with Crippen LogP contribution in [0.5, 0.6) is 5.88 Å². The number of sulfone groups is 1. The van der Waals surface area contributed by atoms with Crippen LogP contribution in [-0.2, 0) is 16.3 Å². The Bertz CT molecular complexity index is 1340. The van der Waals surface area contributed by atoms with Crippen molar-refractivity contribution in [2.24, 2.45) is 0 Å². The molecule has 0 N–H and O–H groups in total. The van der Waals surface area contributed by atoms with Crippen LogP contribution >= 0.6 is 0 Å². The van der Waals surface area contributed by atoms with Gasteiger partial charge in [0.25, 0.3) is 0 Å². The van der Waals surface area contributed by atoms with Crippen molar-refractivity contribution in [3.8, 4) is 5.88 Å². The number of rotatable bonds is 6. The molecular weight excluding hydrogens is 464 g/mol. The van der Waals surface area contributed by atoms with Crippen LogP contribution in [0.25, 0.3) is 0 Å². The molecule has 1 saturated heterocycles. The molecule has 1 aliphatic carbocycles. The van der Waals surface area contributed by atoms with Gasteiger partial charge in [0.15, 0.2) is 9.84 Å². The lowest BCUT2D eigenvalue weighted by atomic mass is 10.1. The summed E-state index contributed by atoms with van der Waals surface area (Å²) in [5.74, 6) is 2.77. The van der Waals surface area contributed by atoms with E-state index in [1.807, 2.05) is 24.5 Å². The van der Waals surface area contributed by atoms with Gasteiger partial charge in [0.05, 0.1) is 4.90 Å². The van der Waals surface area contributed by atoms with Gasteiger partial charge in [-0.05, 0) is 54.5 Å². The van der Waals surface area contributed by atoms with Crippen LogP contribution in [0.15, 0.2) is 47.9 Å². The maximum absolute atomic E-state index is 11.9. The highest BCUT2D eigenvalue weighted by atomic mass is 32.2. The van der Waals surface area contributed by atoms with Crippen LogP contribution in [0.3, 0.4) is 0 Å². The Hall–Kier alpha value is -3.27. The van der Waals surface area contributed by atoms with Gasteiger partial charge in [0.1, 0.15) is 18.2 Å². The molecule has 0 unspecified atom stereocenters. The number of nitrogens with zero attached hydrogens (tertiary/aromatic N) is 6. The summed E-state index contributed by atoms with van der Waals surface area (Å²) in [4.78, 5) is 22.6. The second-order valence-electron chi connectivity index (χ2n) is 9.57. The van der Waals surface area contributed by atoms with Gasteiger partial charge in [-0.2, -0.15) is 0 Å². The average Bonchev–Trinajstić information content (AvgIpc) is 3.63. The van der Waals surface area contributed by atoms with Crippen molar-refractivity contribution in [2.45, 2.75) is 49.0 Å². The Morgan fingerprint density at radius 1 is 0.943 bits per heavy atom. The summed E-state index contributed by atoms with van der Waals surface area (Å²) in [5, 5.41) is 0. The molecule has 2 aliphatic heterocycles. The fraction of sp³-hybridized carbons (Fsp3) is 0.440. The zero-order valence-electron chi connectivity index (χ0n) is 19.7. The molecule has 4 heterocycles. The molecule has 2 fully saturated rings. The van der Waals surface area contributed by atoms with Gasteiger partial charge in [-0.1, -0.05) is 0 Å². The van der Waals surface area contributed by atoms with Gasteiger partial charge in [-0.25, -0.2) is 28.4 Å². The number of piperidine rings is 1. The van der Waals surface area contributed by atoms with E-state index in [4.69, 9.17) is 4.74 Å². The van der Waals surface area contributed by atoms with Gasteiger partial charge in [0.2, 0.25) is 11.8 Å². The normalized spacial score (nSPS) is 18.5. The molecule has 35 heavy (non-hydrogen) atoms. The Morgan fingerprint density at radius 2 is 1.71 bits per heavy atom. The first-order chi connectivity index (χ1) is 16.9. The number of aromatic nitrogens is 4. The molecule has 1 saturated carbocycles. The summed E-state index contributed by atoms with van der Waals surface area (Å²) in [7, 11) is -3.23. The molecule has 0 bridgehead atoms. The summed E-state index contributed by atoms with van der Waals surface area (Å²) in [5.41, 5.74) is 3.24. The molecule has 0 amide bonds. The summed E-state index contributed by atoms with van der Waals surface area (Å²) >= 11 is 0. The summed E-state index contributed by atoms with van der Waals surface area (Å²) in [6.07, 6.45) is 11.8. The van der Waals surface area contributed by atoms with Crippen LogP contribution in [0, 0.1) is 0 Å². The van der Waals surface area contributed by atoms with Crippen molar-refractivity contribution >= 4 is 27.3 Å². The Morgan fingerprint density at radius 3 is 2.43 bits per heavy atom. The van der Waals surface area contributed by atoms with E-state index in [2.05, 4.69) is 29.7 Å². The van der Waals surface area contributed by atoms with Crippen LogP contribution in [0.2, 0.25) is 0 Å². The minimum Gasteiger partial charge on any atom is -0.474 e. The first-order valence-corrected chi connectivity index (χ1v) is 14.0. The number of hydrogen-bond donors (Lipinski definition) is 0. The number of benzene rings is 1. The van der Waals surface area contributed by atoms with E-state index in [1.54, 1.807) is 12.1 Å². The minimum absolute atomic E-state index is 0.0721. The van der Waals surface area contributed by atoms with E-state index in [1.165, 1.54) is 31.0 Å². The smallest absolute Gasteiger partial charge is 0.225 e. The third-order valence-electron chi connectivity index (χ3n) is 7.00. The number of anilines is 3. The number of ether oxygens (including phenoxy) is 1. The highest BCUT2D eigenvalue weighted by molar-refractivity contribution is 7.90. The molecule has 1 aromatic carbocycles. The number of fused-ring (bicyclic) bond motifs is 1. The second-order valence-corrected chi connectivity index (χ2v) is 11.6. The molecule has 10 heteroatoms. The summed E-state index contributed by atoms with van der Waals surface area (Å²) in [6.45, 7) is 2.41. The standard InChI is InChI=1S/C25H28N6O3S/c1-35(32,33)21-4-5-22-18(12-21)6-11-31(22)23-13-24(29-16-28-23)34-20-7-9-30(10-8-20)25-26-14-19(15-27-25)17-2-3-17/h4-5,12-17,20H,2-3,6-11H2,1H3. The topological polar surface area (TPSA) is 101 Å². The molecule has 0 spiro atoms. The minimum atomic E-state index is -3.23. The van der Waals surface area contributed by atoms with Gasteiger partial charge >= 0.3 is 0 Å². The predicted molar refractivity (Wildman–Crippen MR) is 132 cm³/mol. The Labute approximate surface area is 205 Å². The molecule has 2 aromatic heterocycles. The quantitative estimate of drug-likeness (QED) is 0.513. The fourth-order valence-electron chi connectivity index (χ4n) is 4.86. The molecule has 0 radical (unpaired) electrons. The third-order valence-corrected chi connectivity index (χ3v) is 8.11. The van der Waals surface area contributed by atoms with E-state index in [0.29, 0.717) is 16.7 Å². The van der Waals surface area contributed by atoms with Gasteiger partial charge in [0, 0.05) is 62.9 Å². The summed E-state index contributed by atoms with van der Waals surface area (Å²) in [6, 6.07) is 7.14. The van der Waals surface area contributed by atoms with Gasteiger partial charge in [-0.15, -0.1) is 0 Å². The molecule has 6 rings (SSSR count). The predicted octanol–water partition coefficient (Wildman–Crippen LogP) is 3.29. The maximum atomic E-state index is 11.9. The highest BCUT2D eigenvalue weighted by Gasteiger charge is 2.27. The molecule has 3 aliphatic rings. The first kappa shape index (κ1) is 22.2. The van der Waals surface area contributed by atoms with Crippen molar-refractivity contribution in [3.63, 3.8) is 0 Å². The van der Waals surface area contributed by atoms with E-state index in [9.17, 15) is 8.42 Å².